The van der Waals surface area contributed by atoms with Crippen LogP contribution in [0, 0.1) is 27.7 Å². The molecule has 0 heterocycles. The smallest absolute Gasteiger partial charge is 0.326 e. The number of carbonyl (C=O) groups is 3. The number of aryl methyl sites for hydroxylation is 4. The van der Waals surface area contributed by atoms with Crippen LogP contribution in [0.15, 0.2) is 36.4 Å². The number of carbonyl (C=O) groups excluding carboxylic acids is 3. The van der Waals surface area contributed by atoms with Gasteiger partial charge in [-0.15, -0.1) is 0 Å². The van der Waals surface area contributed by atoms with Gasteiger partial charge in [-0.3, -0.25) is 14.4 Å². The first kappa shape index (κ1) is 20.4. The van der Waals surface area contributed by atoms with Crippen molar-refractivity contribution in [1.29, 1.82) is 0 Å². The lowest BCUT2D eigenvalue weighted by Crippen LogP contribution is -2.34. The number of ketones is 1. The maximum atomic E-state index is 12.4. The normalized spacial score (nSPS) is 11.6. The van der Waals surface area contributed by atoms with Gasteiger partial charge in [-0.2, -0.15) is 0 Å². The Balaban J connectivity index is 1.90. The lowest BCUT2D eigenvalue weighted by molar-refractivity contribution is -0.145. The summed E-state index contributed by atoms with van der Waals surface area (Å²) in [6, 6.07) is 10.7. The Labute approximate surface area is 159 Å². The van der Waals surface area contributed by atoms with E-state index in [2.05, 4.69) is 5.32 Å². The number of amides is 1. The first-order valence-corrected chi connectivity index (χ1v) is 8.85. The summed E-state index contributed by atoms with van der Waals surface area (Å²) < 4.78 is 5.16. The Hall–Kier alpha value is -2.95. The second kappa shape index (κ2) is 8.62. The molecule has 2 aromatic carbocycles. The van der Waals surface area contributed by atoms with Gasteiger partial charge in [-0.05, 0) is 75.1 Å². The molecule has 0 saturated carbocycles. The van der Waals surface area contributed by atoms with Gasteiger partial charge in [-0.1, -0.05) is 18.2 Å². The molecule has 1 amide bonds. The molecule has 1 atom stereocenters. The van der Waals surface area contributed by atoms with Crippen molar-refractivity contribution in [1.82, 2.24) is 5.32 Å². The van der Waals surface area contributed by atoms with E-state index in [-0.39, 0.29) is 18.2 Å². The van der Waals surface area contributed by atoms with Crippen molar-refractivity contribution in [2.24, 2.45) is 0 Å². The van der Waals surface area contributed by atoms with Crippen LogP contribution in [-0.4, -0.2) is 30.3 Å². The molecule has 5 heteroatoms. The molecule has 0 radical (unpaired) electrons. The lowest BCUT2D eigenvalue weighted by atomic mass is 10.0. The van der Waals surface area contributed by atoms with Crippen LogP contribution in [0.2, 0.25) is 0 Å². The fourth-order valence-electron chi connectivity index (χ4n) is 2.56. The van der Waals surface area contributed by atoms with Crippen molar-refractivity contribution in [3.63, 3.8) is 0 Å². The molecule has 0 aliphatic heterocycles. The van der Waals surface area contributed by atoms with E-state index in [9.17, 15) is 14.4 Å². The molecule has 0 aromatic heterocycles. The van der Waals surface area contributed by atoms with Crippen LogP contribution in [0.1, 0.15) is 49.9 Å². The van der Waals surface area contributed by atoms with Crippen LogP contribution < -0.4 is 5.32 Å². The minimum absolute atomic E-state index is 0.271. The summed E-state index contributed by atoms with van der Waals surface area (Å²) in [4.78, 5) is 36.5. The van der Waals surface area contributed by atoms with Gasteiger partial charge in [0.05, 0.1) is 0 Å². The Morgan fingerprint density at radius 1 is 0.852 bits per heavy atom. The van der Waals surface area contributed by atoms with Crippen molar-refractivity contribution in [3.8, 4) is 0 Å². The number of benzene rings is 2. The van der Waals surface area contributed by atoms with Crippen molar-refractivity contribution >= 4 is 17.7 Å². The van der Waals surface area contributed by atoms with Gasteiger partial charge in [0.2, 0.25) is 5.78 Å². The molecule has 0 aliphatic carbocycles. The highest BCUT2D eigenvalue weighted by Crippen LogP contribution is 2.13. The number of esters is 1. The van der Waals surface area contributed by atoms with Gasteiger partial charge in [0, 0.05) is 11.1 Å². The zero-order chi connectivity index (χ0) is 20.1. The Morgan fingerprint density at radius 2 is 1.37 bits per heavy atom. The second-order valence-corrected chi connectivity index (χ2v) is 6.78. The zero-order valence-electron chi connectivity index (χ0n) is 16.4. The van der Waals surface area contributed by atoms with E-state index in [1.807, 2.05) is 39.8 Å². The van der Waals surface area contributed by atoms with Gasteiger partial charge in [0.25, 0.3) is 5.91 Å². The van der Waals surface area contributed by atoms with Crippen molar-refractivity contribution < 1.29 is 19.1 Å². The van der Waals surface area contributed by atoms with Crippen molar-refractivity contribution in [3.05, 3.63) is 69.8 Å². The van der Waals surface area contributed by atoms with Crippen LogP contribution in [0.3, 0.4) is 0 Å². The third kappa shape index (κ3) is 5.26. The summed E-state index contributed by atoms with van der Waals surface area (Å²) in [5.41, 5.74) is 5.15. The summed E-state index contributed by atoms with van der Waals surface area (Å²) >= 11 is 0. The molecule has 2 aromatic rings. The molecule has 0 spiro atoms. The molecular weight excluding hydrogens is 342 g/mol. The summed E-state index contributed by atoms with van der Waals surface area (Å²) in [6.45, 7) is 9.00. The second-order valence-electron chi connectivity index (χ2n) is 6.78. The monoisotopic (exact) mass is 367 g/mol. The number of hydrogen-bond donors (Lipinski definition) is 1. The highest BCUT2D eigenvalue weighted by atomic mass is 16.5. The average Bonchev–Trinajstić information content (AvgIpc) is 2.63. The van der Waals surface area contributed by atoms with Gasteiger partial charge in [0.15, 0.2) is 6.10 Å². The molecule has 142 valence electrons. The average molecular weight is 367 g/mol. The maximum absolute atomic E-state index is 12.4. The molecule has 0 unspecified atom stereocenters. The van der Waals surface area contributed by atoms with Gasteiger partial charge in [-0.25, -0.2) is 0 Å². The van der Waals surface area contributed by atoms with Gasteiger partial charge >= 0.3 is 5.97 Å². The summed E-state index contributed by atoms with van der Waals surface area (Å²) in [5.74, 6) is -1.29. The topological polar surface area (TPSA) is 72.5 Å². The quantitative estimate of drug-likeness (QED) is 0.627. The highest BCUT2D eigenvalue weighted by molar-refractivity contribution is 6.01. The van der Waals surface area contributed by atoms with Gasteiger partial charge < -0.3 is 10.1 Å². The zero-order valence-corrected chi connectivity index (χ0v) is 16.4. The van der Waals surface area contributed by atoms with Gasteiger partial charge in [0.1, 0.15) is 6.54 Å². The van der Waals surface area contributed by atoms with Crippen LogP contribution in [-0.2, 0) is 9.53 Å². The van der Waals surface area contributed by atoms with Crippen LogP contribution in [0.5, 0.6) is 0 Å². The molecule has 0 bridgehead atoms. The number of nitrogens with one attached hydrogen (secondary N) is 1. The third-order valence-electron chi connectivity index (χ3n) is 4.63. The van der Waals surface area contributed by atoms with Crippen molar-refractivity contribution in [2.75, 3.05) is 6.54 Å². The molecule has 5 nitrogen and oxygen atoms in total. The number of ether oxygens (including phenoxy) is 1. The van der Waals surface area contributed by atoms with E-state index in [0.717, 1.165) is 22.3 Å². The molecule has 0 fully saturated rings. The first-order valence-electron chi connectivity index (χ1n) is 8.85. The van der Waals surface area contributed by atoms with E-state index >= 15 is 0 Å². The van der Waals surface area contributed by atoms with Crippen LogP contribution >= 0.6 is 0 Å². The predicted molar refractivity (Wildman–Crippen MR) is 104 cm³/mol. The molecule has 27 heavy (non-hydrogen) atoms. The Bertz CT molecular complexity index is 886. The molecule has 1 N–H and O–H groups in total. The Kier molecular flexibility index (Phi) is 6.50. The number of Topliss-reactive ketones (excluding diaryl/α,β-unsaturated/α-hetero) is 1. The molecular formula is C22H25NO4. The minimum atomic E-state index is -0.918. The fraction of sp³-hybridized carbons (Fsp3) is 0.318. The number of rotatable bonds is 6. The van der Waals surface area contributed by atoms with E-state index in [1.54, 1.807) is 24.3 Å². The van der Waals surface area contributed by atoms with E-state index in [4.69, 9.17) is 4.74 Å². The lowest BCUT2D eigenvalue weighted by Gasteiger charge is -2.14. The summed E-state index contributed by atoms with van der Waals surface area (Å²) in [6.07, 6.45) is -0.918. The highest BCUT2D eigenvalue weighted by Gasteiger charge is 2.20. The fourth-order valence-corrected chi connectivity index (χ4v) is 2.56. The predicted octanol–water partition coefficient (Wildman–Crippen LogP) is 3.46. The van der Waals surface area contributed by atoms with Crippen molar-refractivity contribution in [2.45, 2.75) is 40.7 Å². The minimum Gasteiger partial charge on any atom is -0.453 e. The van der Waals surface area contributed by atoms with E-state index < -0.39 is 12.1 Å². The van der Waals surface area contributed by atoms with E-state index in [1.165, 1.54) is 6.92 Å². The maximum Gasteiger partial charge on any atom is 0.326 e. The van der Waals surface area contributed by atoms with Crippen LogP contribution in [0.25, 0.3) is 0 Å². The molecule has 0 aliphatic rings. The SMILES string of the molecule is Cc1ccc(C(=O)NCC(=O)O[C@@H](C)C(=O)c2ccc(C)c(C)c2)cc1C. The third-order valence-corrected chi connectivity index (χ3v) is 4.63. The first-order chi connectivity index (χ1) is 12.7. The standard InChI is InChI=1S/C22H25NO4/c1-13-6-8-18(10-15(13)3)21(25)17(5)27-20(24)12-23-22(26)19-9-7-14(2)16(4)11-19/h6-11,17H,12H2,1-5H3,(H,23,26)/t17-/m0/s1. The van der Waals surface area contributed by atoms with Crippen LogP contribution in [0.4, 0.5) is 0 Å². The summed E-state index contributed by atoms with van der Waals surface area (Å²) in [5, 5.41) is 2.52. The largest absolute Gasteiger partial charge is 0.453 e. The molecule has 2 rings (SSSR count). The Morgan fingerprint density at radius 3 is 1.93 bits per heavy atom. The summed E-state index contributed by atoms with van der Waals surface area (Å²) in [7, 11) is 0. The number of hydrogen-bond acceptors (Lipinski definition) is 4. The van der Waals surface area contributed by atoms with E-state index in [0.29, 0.717) is 11.1 Å². The molecule has 0 saturated heterocycles.